The van der Waals surface area contributed by atoms with Crippen molar-refractivity contribution in [2.24, 2.45) is 7.05 Å². The summed E-state index contributed by atoms with van der Waals surface area (Å²) < 4.78 is 15.0. The number of fused-ring (bicyclic) bond motifs is 2. The van der Waals surface area contributed by atoms with Crippen LogP contribution in [0.1, 0.15) is 32.9 Å². The highest BCUT2D eigenvalue weighted by atomic mass is 19.1. The van der Waals surface area contributed by atoms with E-state index in [0.717, 1.165) is 5.56 Å². The Kier molecular flexibility index (Phi) is 3.12. The summed E-state index contributed by atoms with van der Waals surface area (Å²) in [4.78, 5) is 23.5. The van der Waals surface area contributed by atoms with Crippen molar-refractivity contribution in [3.63, 3.8) is 0 Å². The van der Waals surface area contributed by atoms with E-state index in [1.807, 2.05) is 0 Å². The molecular formula is C16H14FNO3. The van der Waals surface area contributed by atoms with Crippen LogP contribution < -0.4 is 0 Å². The number of ketones is 1. The number of carbonyl (C=O) groups is 2. The first kappa shape index (κ1) is 13.5. The number of nitrogens with zero attached hydrogens (tertiary/aromatic N) is 1. The summed E-state index contributed by atoms with van der Waals surface area (Å²) in [6.07, 6.45) is 1.06. The van der Waals surface area contributed by atoms with Crippen molar-refractivity contribution in [1.29, 1.82) is 0 Å². The van der Waals surface area contributed by atoms with Crippen LogP contribution in [0.2, 0.25) is 0 Å². The molecule has 1 heterocycles. The largest absolute Gasteiger partial charge is 0.481 e. The summed E-state index contributed by atoms with van der Waals surface area (Å²) >= 11 is 0. The summed E-state index contributed by atoms with van der Waals surface area (Å²) in [5.74, 6) is -1.45. The van der Waals surface area contributed by atoms with Crippen molar-refractivity contribution < 1.29 is 19.1 Å². The molecule has 108 valence electrons. The lowest BCUT2D eigenvalue weighted by Crippen LogP contribution is -2.12. The van der Waals surface area contributed by atoms with E-state index < -0.39 is 5.97 Å². The summed E-state index contributed by atoms with van der Waals surface area (Å²) in [7, 11) is 1.70. The molecule has 1 aromatic carbocycles. The molecule has 21 heavy (non-hydrogen) atoms. The Morgan fingerprint density at radius 2 is 2.00 bits per heavy atom. The maximum absolute atomic E-state index is 13.3. The van der Waals surface area contributed by atoms with Crippen molar-refractivity contribution in [1.82, 2.24) is 4.57 Å². The number of carboxylic acid groups (broad SMARTS) is 1. The molecule has 0 radical (unpaired) electrons. The Hall–Kier alpha value is -2.43. The van der Waals surface area contributed by atoms with Gasteiger partial charge in [-0.25, -0.2) is 4.39 Å². The third-order valence-electron chi connectivity index (χ3n) is 3.93. The SMILES string of the molecule is Cn1c(CC(=O)O)cc2c1C(=O)c1ccc(F)cc1CC2. The molecule has 1 N–H and O–H groups in total. The molecule has 0 atom stereocenters. The number of aryl methyl sites for hydroxylation is 2. The molecule has 3 rings (SSSR count). The highest BCUT2D eigenvalue weighted by Gasteiger charge is 2.26. The van der Waals surface area contributed by atoms with Gasteiger partial charge in [-0.1, -0.05) is 0 Å². The van der Waals surface area contributed by atoms with Crippen LogP contribution >= 0.6 is 0 Å². The molecule has 0 amide bonds. The molecular weight excluding hydrogens is 273 g/mol. The van der Waals surface area contributed by atoms with E-state index in [0.29, 0.717) is 35.4 Å². The standard InChI is InChI=1S/C16H14FNO3/c1-18-12(8-14(19)20)7-10-3-2-9-6-11(17)4-5-13(9)16(21)15(10)18/h4-7H,2-3,8H2,1H3,(H,19,20). The van der Waals surface area contributed by atoms with Gasteiger partial charge in [0.25, 0.3) is 0 Å². The van der Waals surface area contributed by atoms with E-state index in [1.165, 1.54) is 18.2 Å². The minimum atomic E-state index is -0.930. The molecule has 2 aromatic rings. The van der Waals surface area contributed by atoms with Crippen LogP contribution in [0.25, 0.3) is 0 Å². The quantitative estimate of drug-likeness (QED) is 0.920. The number of aromatic nitrogens is 1. The molecule has 0 saturated carbocycles. The van der Waals surface area contributed by atoms with Gasteiger partial charge >= 0.3 is 5.97 Å². The number of hydrogen-bond donors (Lipinski definition) is 1. The van der Waals surface area contributed by atoms with Gasteiger partial charge in [-0.15, -0.1) is 0 Å². The Morgan fingerprint density at radius 3 is 2.71 bits per heavy atom. The summed E-state index contributed by atoms with van der Waals surface area (Å²) in [5.41, 5.74) is 3.15. The van der Waals surface area contributed by atoms with Gasteiger partial charge in [-0.05, 0) is 48.2 Å². The van der Waals surface area contributed by atoms with E-state index in [1.54, 1.807) is 17.7 Å². The highest BCUT2D eigenvalue weighted by Crippen LogP contribution is 2.27. The van der Waals surface area contributed by atoms with Crippen molar-refractivity contribution in [3.05, 3.63) is 58.2 Å². The van der Waals surface area contributed by atoms with Crippen LogP contribution in [0.4, 0.5) is 4.39 Å². The predicted molar refractivity (Wildman–Crippen MR) is 74.0 cm³/mol. The highest BCUT2D eigenvalue weighted by molar-refractivity contribution is 6.10. The smallest absolute Gasteiger partial charge is 0.309 e. The van der Waals surface area contributed by atoms with Gasteiger partial charge in [0.1, 0.15) is 5.82 Å². The first-order valence-electron chi connectivity index (χ1n) is 6.69. The minimum absolute atomic E-state index is 0.118. The minimum Gasteiger partial charge on any atom is -0.481 e. The molecule has 5 heteroatoms. The maximum Gasteiger partial charge on any atom is 0.309 e. The summed E-state index contributed by atoms with van der Waals surface area (Å²) in [6.45, 7) is 0. The first-order valence-corrected chi connectivity index (χ1v) is 6.69. The van der Waals surface area contributed by atoms with Gasteiger partial charge in [0, 0.05) is 18.3 Å². The molecule has 4 nitrogen and oxygen atoms in total. The van der Waals surface area contributed by atoms with Crippen LogP contribution in [-0.2, 0) is 31.1 Å². The predicted octanol–water partition coefficient (Wildman–Crippen LogP) is 2.12. The molecule has 0 spiro atoms. The second-order valence-corrected chi connectivity index (χ2v) is 5.27. The van der Waals surface area contributed by atoms with Crippen LogP contribution in [0.5, 0.6) is 0 Å². The molecule has 0 saturated heterocycles. The number of rotatable bonds is 2. The second kappa shape index (κ2) is 4.84. The number of carboxylic acids is 1. The summed E-state index contributed by atoms with van der Waals surface area (Å²) in [5, 5.41) is 8.92. The Bertz CT molecular complexity index is 761. The maximum atomic E-state index is 13.3. The molecule has 1 aromatic heterocycles. The number of benzene rings is 1. The van der Waals surface area contributed by atoms with Crippen molar-refractivity contribution >= 4 is 11.8 Å². The van der Waals surface area contributed by atoms with E-state index in [9.17, 15) is 14.0 Å². The number of hydrogen-bond acceptors (Lipinski definition) is 2. The van der Waals surface area contributed by atoms with Gasteiger partial charge < -0.3 is 9.67 Å². The van der Waals surface area contributed by atoms with Gasteiger partial charge in [0.15, 0.2) is 0 Å². The van der Waals surface area contributed by atoms with Crippen LogP contribution in [0.3, 0.4) is 0 Å². The zero-order chi connectivity index (χ0) is 15.1. The Balaban J connectivity index is 2.12. The van der Waals surface area contributed by atoms with Crippen molar-refractivity contribution in [2.75, 3.05) is 0 Å². The monoisotopic (exact) mass is 287 g/mol. The lowest BCUT2D eigenvalue weighted by molar-refractivity contribution is -0.136. The van der Waals surface area contributed by atoms with Crippen LogP contribution in [-0.4, -0.2) is 21.4 Å². The first-order chi connectivity index (χ1) is 9.97. The average molecular weight is 287 g/mol. The van der Waals surface area contributed by atoms with Gasteiger partial charge in [-0.3, -0.25) is 9.59 Å². The number of aliphatic carboxylic acids is 1. The molecule has 0 fully saturated rings. The van der Waals surface area contributed by atoms with Gasteiger partial charge in [0.05, 0.1) is 12.1 Å². The lowest BCUT2D eigenvalue weighted by atomic mass is 10.0. The third kappa shape index (κ3) is 2.24. The number of carbonyl (C=O) groups excluding carboxylic acids is 1. The topological polar surface area (TPSA) is 59.3 Å². The van der Waals surface area contributed by atoms with E-state index in [-0.39, 0.29) is 18.0 Å². The average Bonchev–Trinajstić information content (AvgIpc) is 2.64. The molecule has 0 bridgehead atoms. The second-order valence-electron chi connectivity index (χ2n) is 5.27. The molecule has 1 aliphatic rings. The van der Waals surface area contributed by atoms with Gasteiger partial charge in [-0.2, -0.15) is 0 Å². The van der Waals surface area contributed by atoms with Crippen molar-refractivity contribution in [3.8, 4) is 0 Å². The van der Waals surface area contributed by atoms with E-state index in [2.05, 4.69) is 0 Å². The zero-order valence-corrected chi connectivity index (χ0v) is 11.5. The fraction of sp³-hybridized carbons (Fsp3) is 0.250. The van der Waals surface area contributed by atoms with Crippen LogP contribution in [0, 0.1) is 5.82 Å². The van der Waals surface area contributed by atoms with E-state index in [4.69, 9.17) is 5.11 Å². The molecule has 0 aliphatic heterocycles. The number of halogens is 1. The fourth-order valence-corrected chi connectivity index (χ4v) is 2.93. The van der Waals surface area contributed by atoms with E-state index >= 15 is 0 Å². The normalized spacial score (nSPS) is 13.5. The van der Waals surface area contributed by atoms with Crippen molar-refractivity contribution in [2.45, 2.75) is 19.3 Å². The molecule has 1 aliphatic carbocycles. The molecule has 0 unspecified atom stereocenters. The van der Waals surface area contributed by atoms with Gasteiger partial charge in [0.2, 0.25) is 5.78 Å². The lowest BCUT2D eigenvalue weighted by Gasteiger charge is -2.08. The zero-order valence-electron chi connectivity index (χ0n) is 11.5. The summed E-state index contributed by atoms with van der Waals surface area (Å²) in [6, 6.07) is 5.95. The third-order valence-corrected chi connectivity index (χ3v) is 3.93. The van der Waals surface area contributed by atoms with Crippen LogP contribution in [0.15, 0.2) is 24.3 Å². The Labute approximate surface area is 120 Å². The Morgan fingerprint density at radius 1 is 1.29 bits per heavy atom. The fourth-order valence-electron chi connectivity index (χ4n) is 2.93.